The highest BCUT2D eigenvalue weighted by Crippen LogP contribution is 2.49. The van der Waals surface area contributed by atoms with Crippen LogP contribution in [0.2, 0.25) is 10.0 Å². The normalized spacial score (nSPS) is 18.6. The van der Waals surface area contributed by atoms with Gasteiger partial charge < -0.3 is 15.0 Å². The molecular weight excluding hydrogens is 343 g/mol. The summed E-state index contributed by atoms with van der Waals surface area (Å²) in [4.78, 5) is 2.36. The number of morpholine rings is 1. The van der Waals surface area contributed by atoms with Crippen molar-refractivity contribution in [1.82, 2.24) is 0 Å². The molecule has 1 fully saturated rings. The highest BCUT2D eigenvalue weighted by molar-refractivity contribution is 6.36. The molecule has 24 heavy (non-hydrogen) atoms. The number of halogens is 2. The van der Waals surface area contributed by atoms with Gasteiger partial charge in [-0.3, -0.25) is 0 Å². The number of hydrogen-bond donors (Lipinski definition) is 1. The molecule has 126 valence electrons. The first-order valence-electron chi connectivity index (χ1n) is 8.20. The van der Waals surface area contributed by atoms with Crippen molar-refractivity contribution in [3.63, 3.8) is 0 Å². The quantitative estimate of drug-likeness (QED) is 0.753. The summed E-state index contributed by atoms with van der Waals surface area (Å²) in [5, 5.41) is 4.88. The maximum absolute atomic E-state index is 6.50. The molecule has 0 bridgehead atoms. The first-order valence-corrected chi connectivity index (χ1v) is 8.96. The summed E-state index contributed by atoms with van der Waals surface area (Å²) < 4.78 is 5.45. The van der Waals surface area contributed by atoms with Crippen LogP contribution in [-0.4, -0.2) is 26.3 Å². The van der Waals surface area contributed by atoms with Crippen LogP contribution >= 0.6 is 23.2 Å². The Balaban J connectivity index is 1.79. The van der Waals surface area contributed by atoms with E-state index in [4.69, 9.17) is 27.9 Å². The van der Waals surface area contributed by atoms with Crippen LogP contribution in [0.4, 0.5) is 17.1 Å². The van der Waals surface area contributed by atoms with Gasteiger partial charge in [0.1, 0.15) is 0 Å². The summed E-state index contributed by atoms with van der Waals surface area (Å²) in [5.41, 5.74) is 5.49. The molecule has 1 saturated heterocycles. The fourth-order valence-electron chi connectivity index (χ4n) is 3.79. The van der Waals surface area contributed by atoms with E-state index in [-0.39, 0.29) is 5.41 Å². The number of nitrogens with zero attached hydrogens (tertiary/aromatic N) is 1. The van der Waals surface area contributed by atoms with Crippen molar-refractivity contribution < 1.29 is 4.74 Å². The van der Waals surface area contributed by atoms with E-state index < -0.39 is 0 Å². The zero-order valence-electron chi connectivity index (χ0n) is 13.8. The first kappa shape index (κ1) is 16.1. The van der Waals surface area contributed by atoms with Crippen molar-refractivity contribution in [1.29, 1.82) is 0 Å². The number of benzene rings is 2. The third kappa shape index (κ3) is 2.55. The van der Waals surface area contributed by atoms with Crippen LogP contribution in [0.3, 0.4) is 0 Å². The molecule has 0 amide bonds. The second-order valence-electron chi connectivity index (χ2n) is 6.89. The van der Waals surface area contributed by atoms with Crippen molar-refractivity contribution in [3.05, 3.63) is 51.5 Å². The molecule has 1 N–H and O–H groups in total. The molecule has 4 rings (SSSR count). The summed E-state index contributed by atoms with van der Waals surface area (Å²) in [6, 6.07) is 10.4. The molecular formula is C19H20Cl2N2O. The topological polar surface area (TPSA) is 24.5 Å². The number of anilines is 3. The van der Waals surface area contributed by atoms with Crippen molar-refractivity contribution in [2.45, 2.75) is 19.3 Å². The second kappa shape index (κ2) is 5.83. The monoisotopic (exact) mass is 362 g/mol. The Morgan fingerprint density at radius 2 is 1.79 bits per heavy atom. The Morgan fingerprint density at radius 1 is 1.04 bits per heavy atom. The van der Waals surface area contributed by atoms with Crippen LogP contribution in [0.15, 0.2) is 30.3 Å². The van der Waals surface area contributed by atoms with E-state index in [1.165, 1.54) is 11.3 Å². The lowest BCUT2D eigenvalue weighted by Gasteiger charge is -2.37. The largest absolute Gasteiger partial charge is 0.378 e. The fraction of sp³-hybridized carbons (Fsp3) is 0.368. The number of nitrogens with one attached hydrogen (secondary N) is 1. The van der Waals surface area contributed by atoms with Crippen LogP contribution in [-0.2, 0) is 10.2 Å². The van der Waals surface area contributed by atoms with Crippen LogP contribution < -0.4 is 10.2 Å². The van der Waals surface area contributed by atoms with E-state index in [0.29, 0.717) is 10.0 Å². The maximum atomic E-state index is 6.50. The third-order valence-electron chi connectivity index (χ3n) is 5.00. The van der Waals surface area contributed by atoms with E-state index in [0.717, 1.165) is 43.2 Å². The lowest BCUT2D eigenvalue weighted by molar-refractivity contribution is 0.122. The Labute approximate surface area is 152 Å². The van der Waals surface area contributed by atoms with Gasteiger partial charge in [0.15, 0.2) is 0 Å². The van der Waals surface area contributed by atoms with Crippen LogP contribution in [0.25, 0.3) is 0 Å². The smallest absolute Gasteiger partial charge is 0.0642 e. The molecule has 2 aromatic rings. The molecule has 2 aliphatic heterocycles. The van der Waals surface area contributed by atoms with Crippen molar-refractivity contribution in [2.75, 3.05) is 36.5 Å². The number of rotatable bonds is 1. The lowest BCUT2D eigenvalue weighted by Crippen LogP contribution is -2.36. The van der Waals surface area contributed by atoms with Gasteiger partial charge in [-0.1, -0.05) is 43.1 Å². The summed E-state index contributed by atoms with van der Waals surface area (Å²) in [5.74, 6) is 0. The standard InChI is InChI=1S/C19H20Cl2N2O/c1-19(2)14-4-3-13(23-5-7-24-8-6-23)11-16(14)22-17-10-12(20)9-15(21)18(17)19/h3-4,9-11,22H,5-8H2,1-2H3. The Kier molecular flexibility index (Phi) is 3.91. The second-order valence-corrected chi connectivity index (χ2v) is 7.73. The molecule has 3 nitrogen and oxygen atoms in total. The summed E-state index contributed by atoms with van der Waals surface area (Å²) >= 11 is 12.7. The summed E-state index contributed by atoms with van der Waals surface area (Å²) in [6.45, 7) is 7.83. The SMILES string of the molecule is CC1(C)c2ccc(N3CCOCC3)cc2Nc2cc(Cl)cc(Cl)c21. The lowest BCUT2D eigenvalue weighted by atomic mass is 9.74. The molecule has 0 aliphatic carbocycles. The van der Waals surface area contributed by atoms with Gasteiger partial charge in [0.25, 0.3) is 0 Å². The predicted molar refractivity (Wildman–Crippen MR) is 101 cm³/mol. The summed E-state index contributed by atoms with van der Waals surface area (Å²) in [7, 11) is 0. The minimum absolute atomic E-state index is 0.179. The fourth-order valence-corrected chi connectivity index (χ4v) is 4.52. The van der Waals surface area contributed by atoms with E-state index in [9.17, 15) is 0 Å². The number of ether oxygens (including phenoxy) is 1. The van der Waals surface area contributed by atoms with Gasteiger partial charge in [0.2, 0.25) is 0 Å². The highest BCUT2D eigenvalue weighted by atomic mass is 35.5. The van der Waals surface area contributed by atoms with Crippen molar-refractivity contribution in [3.8, 4) is 0 Å². The van der Waals surface area contributed by atoms with Gasteiger partial charge in [-0.2, -0.15) is 0 Å². The van der Waals surface area contributed by atoms with E-state index in [2.05, 4.69) is 42.3 Å². The predicted octanol–water partition coefficient (Wildman–Crippen LogP) is 5.21. The molecule has 2 heterocycles. The third-order valence-corrected chi connectivity index (χ3v) is 5.52. The molecule has 2 aliphatic rings. The molecule has 0 aromatic heterocycles. The van der Waals surface area contributed by atoms with Gasteiger partial charge in [-0.25, -0.2) is 0 Å². The zero-order valence-corrected chi connectivity index (χ0v) is 15.3. The molecule has 0 saturated carbocycles. The number of hydrogen-bond acceptors (Lipinski definition) is 3. The molecule has 0 radical (unpaired) electrons. The highest BCUT2D eigenvalue weighted by Gasteiger charge is 2.35. The van der Waals surface area contributed by atoms with Gasteiger partial charge >= 0.3 is 0 Å². The van der Waals surface area contributed by atoms with Crippen molar-refractivity contribution in [2.24, 2.45) is 0 Å². The Hall–Kier alpha value is -1.42. The van der Waals surface area contributed by atoms with Crippen LogP contribution in [0.1, 0.15) is 25.0 Å². The molecule has 2 aromatic carbocycles. The molecule has 0 unspecified atom stereocenters. The van der Waals surface area contributed by atoms with Gasteiger partial charge in [0, 0.05) is 51.2 Å². The minimum atomic E-state index is -0.179. The Bertz CT molecular complexity index is 798. The van der Waals surface area contributed by atoms with Crippen LogP contribution in [0, 0.1) is 0 Å². The zero-order chi connectivity index (χ0) is 16.9. The van der Waals surface area contributed by atoms with Gasteiger partial charge in [-0.15, -0.1) is 0 Å². The minimum Gasteiger partial charge on any atom is -0.378 e. The van der Waals surface area contributed by atoms with E-state index in [1.807, 2.05) is 12.1 Å². The average Bonchev–Trinajstić information content (AvgIpc) is 2.54. The van der Waals surface area contributed by atoms with Gasteiger partial charge in [0.05, 0.1) is 13.2 Å². The maximum Gasteiger partial charge on any atom is 0.0642 e. The molecule has 0 spiro atoms. The molecule has 5 heteroatoms. The average molecular weight is 363 g/mol. The first-order chi connectivity index (χ1) is 11.5. The summed E-state index contributed by atoms with van der Waals surface area (Å²) in [6.07, 6.45) is 0. The van der Waals surface area contributed by atoms with E-state index in [1.54, 1.807) is 0 Å². The van der Waals surface area contributed by atoms with Crippen LogP contribution in [0.5, 0.6) is 0 Å². The Morgan fingerprint density at radius 3 is 2.54 bits per heavy atom. The van der Waals surface area contributed by atoms with Crippen molar-refractivity contribution >= 4 is 40.3 Å². The van der Waals surface area contributed by atoms with Gasteiger partial charge in [-0.05, 0) is 29.8 Å². The molecule has 0 atom stereocenters. The number of fused-ring (bicyclic) bond motifs is 2. The van der Waals surface area contributed by atoms with E-state index >= 15 is 0 Å².